The molecule has 1 N–H and O–H groups in total. The number of para-hydroxylation sites is 1. The van der Waals surface area contributed by atoms with Gasteiger partial charge in [-0.15, -0.1) is 0 Å². The lowest BCUT2D eigenvalue weighted by atomic mass is 10.1. The van der Waals surface area contributed by atoms with Gasteiger partial charge < -0.3 is 10.1 Å². The second kappa shape index (κ2) is 8.03. The van der Waals surface area contributed by atoms with Crippen LogP contribution in [-0.2, 0) is 0 Å². The molecule has 21 heavy (non-hydrogen) atoms. The molecule has 2 rings (SSSR count). The zero-order chi connectivity index (χ0) is 15.1. The highest BCUT2D eigenvalue weighted by molar-refractivity contribution is 7.19. The third kappa shape index (κ3) is 4.21. The van der Waals surface area contributed by atoms with Crippen LogP contribution in [0.2, 0.25) is 0 Å². The van der Waals surface area contributed by atoms with E-state index >= 15 is 0 Å². The molecule has 0 aliphatic rings. The molecular weight excluding hydrogens is 280 g/mol. The molecule has 0 aliphatic heterocycles. The highest BCUT2D eigenvalue weighted by atomic mass is 32.1. The standard InChI is InChI=1S/C17H24N2OS/c1-4-5-6-9-12-20-15-11-8-7-10-14(15)16-13(2)19-17(18-3)21-16/h7-8,10-11H,4-6,9,12H2,1-3H3,(H,18,19). The first-order valence-corrected chi connectivity index (χ1v) is 8.45. The average Bonchev–Trinajstić information content (AvgIpc) is 2.88. The van der Waals surface area contributed by atoms with Gasteiger partial charge in [-0.1, -0.05) is 49.7 Å². The van der Waals surface area contributed by atoms with E-state index in [0.717, 1.165) is 35.2 Å². The molecule has 0 spiro atoms. The maximum absolute atomic E-state index is 5.99. The van der Waals surface area contributed by atoms with Gasteiger partial charge in [0.05, 0.1) is 17.2 Å². The van der Waals surface area contributed by atoms with Gasteiger partial charge >= 0.3 is 0 Å². The Morgan fingerprint density at radius 3 is 2.71 bits per heavy atom. The summed E-state index contributed by atoms with van der Waals surface area (Å²) >= 11 is 1.67. The zero-order valence-electron chi connectivity index (χ0n) is 13.1. The Morgan fingerprint density at radius 1 is 1.19 bits per heavy atom. The summed E-state index contributed by atoms with van der Waals surface area (Å²) in [6.45, 7) is 5.06. The van der Waals surface area contributed by atoms with Crippen molar-refractivity contribution in [1.29, 1.82) is 0 Å². The molecule has 0 unspecified atom stereocenters. The third-order valence-electron chi connectivity index (χ3n) is 3.40. The van der Waals surface area contributed by atoms with Crippen molar-refractivity contribution in [3.8, 4) is 16.2 Å². The number of hydrogen-bond acceptors (Lipinski definition) is 4. The van der Waals surface area contributed by atoms with Crippen LogP contribution in [0.3, 0.4) is 0 Å². The molecule has 114 valence electrons. The highest BCUT2D eigenvalue weighted by Gasteiger charge is 2.13. The summed E-state index contributed by atoms with van der Waals surface area (Å²) < 4.78 is 5.99. The fourth-order valence-corrected chi connectivity index (χ4v) is 3.19. The van der Waals surface area contributed by atoms with E-state index in [1.54, 1.807) is 11.3 Å². The van der Waals surface area contributed by atoms with Crippen LogP contribution < -0.4 is 10.1 Å². The Labute approximate surface area is 131 Å². The Bertz CT molecular complexity index is 566. The lowest BCUT2D eigenvalue weighted by Gasteiger charge is -2.10. The van der Waals surface area contributed by atoms with E-state index in [4.69, 9.17) is 4.74 Å². The summed E-state index contributed by atoms with van der Waals surface area (Å²) in [4.78, 5) is 5.70. The molecule has 1 heterocycles. The Morgan fingerprint density at radius 2 is 2.00 bits per heavy atom. The number of benzene rings is 1. The molecule has 0 atom stereocenters. The monoisotopic (exact) mass is 304 g/mol. The maximum atomic E-state index is 5.99. The van der Waals surface area contributed by atoms with Crippen molar-refractivity contribution < 1.29 is 4.74 Å². The van der Waals surface area contributed by atoms with E-state index in [0.29, 0.717) is 0 Å². The smallest absolute Gasteiger partial charge is 0.183 e. The first-order chi connectivity index (χ1) is 10.3. The maximum Gasteiger partial charge on any atom is 0.183 e. The van der Waals surface area contributed by atoms with Gasteiger partial charge in [-0.25, -0.2) is 4.98 Å². The molecule has 1 aromatic carbocycles. The largest absolute Gasteiger partial charge is 0.493 e. The third-order valence-corrected chi connectivity index (χ3v) is 4.61. The van der Waals surface area contributed by atoms with Crippen molar-refractivity contribution >= 4 is 16.5 Å². The van der Waals surface area contributed by atoms with Crippen molar-refractivity contribution in [1.82, 2.24) is 4.98 Å². The summed E-state index contributed by atoms with van der Waals surface area (Å²) in [5, 5.41) is 4.06. The first-order valence-electron chi connectivity index (χ1n) is 7.63. The van der Waals surface area contributed by atoms with Crippen LogP contribution in [0.4, 0.5) is 5.13 Å². The number of nitrogens with zero attached hydrogens (tertiary/aromatic N) is 1. The van der Waals surface area contributed by atoms with Gasteiger partial charge in [-0.05, 0) is 25.5 Å². The minimum Gasteiger partial charge on any atom is -0.493 e. The van der Waals surface area contributed by atoms with Gasteiger partial charge in [-0.2, -0.15) is 0 Å². The lowest BCUT2D eigenvalue weighted by Crippen LogP contribution is -1.98. The molecule has 0 radical (unpaired) electrons. The molecule has 4 heteroatoms. The summed E-state index contributed by atoms with van der Waals surface area (Å²) in [7, 11) is 1.90. The van der Waals surface area contributed by atoms with E-state index in [9.17, 15) is 0 Å². The molecule has 0 saturated heterocycles. The number of nitrogens with one attached hydrogen (secondary N) is 1. The summed E-state index contributed by atoms with van der Waals surface area (Å²) in [5.74, 6) is 0.961. The van der Waals surface area contributed by atoms with Crippen LogP contribution in [0.1, 0.15) is 38.3 Å². The minimum atomic E-state index is 0.785. The number of rotatable bonds is 8. The number of anilines is 1. The van der Waals surface area contributed by atoms with Crippen LogP contribution in [0.5, 0.6) is 5.75 Å². The van der Waals surface area contributed by atoms with Gasteiger partial charge in [0.1, 0.15) is 5.75 Å². The molecule has 0 aliphatic carbocycles. The van der Waals surface area contributed by atoms with Crippen LogP contribution >= 0.6 is 11.3 Å². The Hall–Kier alpha value is -1.55. The van der Waals surface area contributed by atoms with Gasteiger partial charge in [0.2, 0.25) is 0 Å². The van der Waals surface area contributed by atoms with Gasteiger partial charge in [-0.3, -0.25) is 0 Å². The quantitative estimate of drug-likeness (QED) is 0.687. The predicted octanol–water partition coefficient (Wildman–Crippen LogP) is 5.12. The first kappa shape index (κ1) is 15.8. The molecule has 0 fully saturated rings. The van der Waals surface area contributed by atoms with Crippen molar-refractivity contribution in [3.05, 3.63) is 30.0 Å². The predicted molar refractivity (Wildman–Crippen MR) is 91.5 cm³/mol. The number of unbranched alkanes of at least 4 members (excludes halogenated alkanes) is 3. The van der Waals surface area contributed by atoms with Crippen molar-refractivity contribution in [2.24, 2.45) is 0 Å². The molecule has 0 saturated carbocycles. The van der Waals surface area contributed by atoms with Crippen LogP contribution in [0, 0.1) is 6.92 Å². The van der Waals surface area contributed by atoms with Gasteiger partial charge in [0, 0.05) is 12.6 Å². The van der Waals surface area contributed by atoms with E-state index in [1.807, 2.05) is 26.1 Å². The number of aromatic nitrogens is 1. The molecular formula is C17H24N2OS. The fraction of sp³-hybridized carbons (Fsp3) is 0.471. The Kier molecular flexibility index (Phi) is 6.05. The number of aryl methyl sites for hydroxylation is 1. The van der Waals surface area contributed by atoms with Crippen molar-refractivity contribution in [2.45, 2.75) is 39.5 Å². The van der Waals surface area contributed by atoms with Crippen molar-refractivity contribution in [3.63, 3.8) is 0 Å². The van der Waals surface area contributed by atoms with E-state index in [-0.39, 0.29) is 0 Å². The zero-order valence-corrected chi connectivity index (χ0v) is 13.9. The SMILES string of the molecule is CCCCCCOc1ccccc1-c1sc(NC)nc1C. The molecule has 0 amide bonds. The van der Waals surface area contributed by atoms with Crippen LogP contribution in [-0.4, -0.2) is 18.6 Å². The normalized spacial score (nSPS) is 10.6. The van der Waals surface area contributed by atoms with Crippen LogP contribution in [0.25, 0.3) is 10.4 Å². The van der Waals surface area contributed by atoms with E-state index in [1.165, 1.54) is 24.1 Å². The summed E-state index contributed by atoms with van der Waals surface area (Å²) in [6, 6.07) is 8.24. The minimum absolute atomic E-state index is 0.785. The lowest BCUT2D eigenvalue weighted by molar-refractivity contribution is 0.306. The number of thiazole rings is 1. The van der Waals surface area contributed by atoms with E-state index in [2.05, 4.69) is 29.4 Å². The van der Waals surface area contributed by atoms with Crippen molar-refractivity contribution in [2.75, 3.05) is 19.0 Å². The Balaban J connectivity index is 2.11. The fourth-order valence-electron chi connectivity index (χ4n) is 2.24. The topological polar surface area (TPSA) is 34.1 Å². The number of ether oxygens (including phenoxy) is 1. The summed E-state index contributed by atoms with van der Waals surface area (Å²) in [6.07, 6.45) is 4.89. The second-order valence-corrected chi connectivity index (χ2v) is 6.09. The second-order valence-electron chi connectivity index (χ2n) is 5.09. The van der Waals surface area contributed by atoms with Crippen LogP contribution in [0.15, 0.2) is 24.3 Å². The average molecular weight is 304 g/mol. The van der Waals surface area contributed by atoms with E-state index < -0.39 is 0 Å². The number of hydrogen-bond donors (Lipinski definition) is 1. The molecule has 1 aromatic heterocycles. The molecule has 3 nitrogen and oxygen atoms in total. The molecule has 2 aromatic rings. The summed E-state index contributed by atoms with van der Waals surface area (Å²) in [5.41, 5.74) is 2.19. The highest BCUT2D eigenvalue weighted by Crippen LogP contribution is 2.38. The molecule has 0 bridgehead atoms. The van der Waals surface area contributed by atoms with Gasteiger partial charge in [0.15, 0.2) is 5.13 Å². The van der Waals surface area contributed by atoms with Gasteiger partial charge in [0.25, 0.3) is 0 Å².